The highest BCUT2D eigenvalue weighted by molar-refractivity contribution is 6.08. The summed E-state index contributed by atoms with van der Waals surface area (Å²) in [6, 6.07) is 55.6. The lowest BCUT2D eigenvalue weighted by Crippen LogP contribution is -2.09. The molecule has 9 rings (SSSR count). The number of benzene rings is 7. The molecule has 0 amide bonds. The highest BCUT2D eigenvalue weighted by atomic mass is 15.1. The average Bonchev–Trinajstić information content (AvgIpc) is 3.40. The summed E-state index contributed by atoms with van der Waals surface area (Å²) in [5, 5.41) is 5.89. The fourth-order valence-electron chi connectivity index (χ4n) is 6.42. The predicted octanol–water partition coefficient (Wildman–Crippen LogP) is 10.5. The lowest BCUT2D eigenvalue weighted by Gasteiger charge is -2.25. The number of hydrogen-bond donors (Lipinski definition) is 0. The van der Waals surface area contributed by atoms with Gasteiger partial charge in [-0.1, -0.05) is 78.9 Å². The number of para-hydroxylation sites is 5. The van der Waals surface area contributed by atoms with Gasteiger partial charge in [0.1, 0.15) is 5.52 Å². The van der Waals surface area contributed by atoms with E-state index >= 15 is 0 Å². The Morgan fingerprint density at radius 2 is 1.02 bits per heavy atom. The summed E-state index contributed by atoms with van der Waals surface area (Å²) < 4.78 is 2.24. The molecule has 0 fully saturated rings. The van der Waals surface area contributed by atoms with Crippen molar-refractivity contribution >= 4 is 71.7 Å². The molecule has 0 aliphatic rings. The molecule has 0 saturated heterocycles. The monoisotopic (exact) mass is 562 g/mol. The van der Waals surface area contributed by atoms with E-state index in [0.717, 1.165) is 55.8 Å². The van der Waals surface area contributed by atoms with Crippen LogP contribution in [0.25, 0.3) is 60.3 Å². The average molecular weight is 563 g/mol. The molecule has 0 aliphatic carbocycles. The van der Waals surface area contributed by atoms with E-state index in [4.69, 9.17) is 9.97 Å². The van der Waals surface area contributed by atoms with Crippen LogP contribution >= 0.6 is 0 Å². The van der Waals surface area contributed by atoms with Crippen LogP contribution in [0.2, 0.25) is 0 Å². The van der Waals surface area contributed by atoms with E-state index in [0.29, 0.717) is 0 Å². The number of nitrogens with zero attached hydrogens (tertiary/aromatic N) is 4. The van der Waals surface area contributed by atoms with Crippen molar-refractivity contribution in [2.45, 2.75) is 0 Å². The van der Waals surface area contributed by atoms with Crippen LogP contribution in [0.15, 0.2) is 158 Å². The van der Waals surface area contributed by atoms with Crippen LogP contribution < -0.4 is 4.90 Å². The normalized spacial score (nSPS) is 11.6. The summed E-state index contributed by atoms with van der Waals surface area (Å²) in [6.45, 7) is 0. The third-order valence-electron chi connectivity index (χ3n) is 8.47. The minimum absolute atomic E-state index is 0.872. The van der Waals surface area contributed by atoms with Crippen LogP contribution in [0.5, 0.6) is 0 Å². The summed E-state index contributed by atoms with van der Waals surface area (Å²) in [7, 11) is 0. The van der Waals surface area contributed by atoms with E-state index in [-0.39, 0.29) is 0 Å². The summed E-state index contributed by atoms with van der Waals surface area (Å²) in [4.78, 5) is 12.4. The molecule has 4 heteroatoms. The maximum atomic E-state index is 5.09. The van der Waals surface area contributed by atoms with Crippen molar-refractivity contribution in [2.24, 2.45) is 0 Å². The van der Waals surface area contributed by atoms with Gasteiger partial charge in [-0.2, -0.15) is 0 Å². The van der Waals surface area contributed by atoms with Crippen molar-refractivity contribution in [3.05, 3.63) is 158 Å². The Labute approximate surface area is 254 Å². The second kappa shape index (κ2) is 9.79. The van der Waals surface area contributed by atoms with Gasteiger partial charge < -0.3 is 4.90 Å². The Hall–Kier alpha value is -6.00. The topological polar surface area (TPSA) is 34.0 Å². The smallest absolute Gasteiger partial charge is 0.165 e. The quantitative estimate of drug-likeness (QED) is 0.200. The molecule has 0 spiro atoms. The van der Waals surface area contributed by atoms with Crippen molar-refractivity contribution in [2.75, 3.05) is 4.90 Å². The van der Waals surface area contributed by atoms with Crippen molar-refractivity contribution in [1.29, 1.82) is 0 Å². The molecule has 0 radical (unpaired) electrons. The highest BCUT2D eigenvalue weighted by Crippen LogP contribution is 2.37. The first-order valence-electron chi connectivity index (χ1n) is 14.8. The molecule has 0 bridgehead atoms. The Balaban J connectivity index is 1.20. The van der Waals surface area contributed by atoms with Crippen LogP contribution in [0.1, 0.15) is 0 Å². The van der Waals surface area contributed by atoms with Crippen molar-refractivity contribution in [1.82, 2.24) is 14.5 Å². The maximum absolute atomic E-state index is 5.09. The molecule has 4 nitrogen and oxygen atoms in total. The standard InChI is InChI=1S/C40H26N4/c1-3-11-31(12-4-1)43(32-13-5-2-6-14-32)33-21-19-27-24-30-26-34(22-20-28(30)23-29(27)25-33)44-38-18-10-7-15-35(38)39-40(44)42-37-17-9-8-16-36(37)41-39/h1-26H. The minimum atomic E-state index is 0.872. The van der Waals surface area contributed by atoms with Gasteiger partial charge in [0.2, 0.25) is 0 Å². The molecule has 7 aromatic carbocycles. The van der Waals surface area contributed by atoms with Gasteiger partial charge in [-0.05, 0) is 100 Å². The first-order chi connectivity index (χ1) is 21.8. The number of fused-ring (bicyclic) bond motifs is 6. The molecule has 206 valence electrons. The van der Waals surface area contributed by atoms with Gasteiger partial charge in [0.25, 0.3) is 0 Å². The third-order valence-corrected chi connectivity index (χ3v) is 8.47. The van der Waals surface area contributed by atoms with Crippen LogP contribution in [0.4, 0.5) is 17.1 Å². The molecule has 0 saturated carbocycles. The Morgan fingerprint density at radius 3 is 1.75 bits per heavy atom. The molecule has 0 unspecified atom stereocenters. The van der Waals surface area contributed by atoms with Gasteiger partial charge in [0.05, 0.1) is 16.6 Å². The number of rotatable bonds is 4. The van der Waals surface area contributed by atoms with Crippen LogP contribution in [0, 0.1) is 0 Å². The van der Waals surface area contributed by atoms with Gasteiger partial charge in [-0.25, -0.2) is 9.97 Å². The van der Waals surface area contributed by atoms with Crippen LogP contribution in [-0.4, -0.2) is 14.5 Å². The summed E-state index contributed by atoms with van der Waals surface area (Å²) in [5.74, 6) is 0. The number of anilines is 3. The fourth-order valence-corrected chi connectivity index (χ4v) is 6.42. The van der Waals surface area contributed by atoms with Crippen molar-refractivity contribution < 1.29 is 0 Å². The molecule has 44 heavy (non-hydrogen) atoms. The lowest BCUT2D eigenvalue weighted by atomic mass is 10.0. The number of aromatic nitrogens is 3. The van der Waals surface area contributed by atoms with E-state index in [1.54, 1.807) is 0 Å². The molecule has 9 aromatic rings. The maximum Gasteiger partial charge on any atom is 0.165 e. The predicted molar refractivity (Wildman–Crippen MR) is 184 cm³/mol. The zero-order valence-electron chi connectivity index (χ0n) is 23.8. The van der Waals surface area contributed by atoms with Crippen molar-refractivity contribution in [3.8, 4) is 5.69 Å². The highest BCUT2D eigenvalue weighted by Gasteiger charge is 2.17. The SMILES string of the molecule is c1ccc(N(c2ccccc2)c2ccc3cc4cc(-n5c6ccccc6c6nc7ccccc7nc65)ccc4cc3c2)cc1. The number of hydrogen-bond acceptors (Lipinski definition) is 3. The van der Waals surface area contributed by atoms with Crippen LogP contribution in [-0.2, 0) is 0 Å². The van der Waals surface area contributed by atoms with Gasteiger partial charge in [-0.15, -0.1) is 0 Å². The molecule has 2 aromatic heterocycles. The van der Waals surface area contributed by atoms with E-state index in [9.17, 15) is 0 Å². The minimum Gasteiger partial charge on any atom is -0.310 e. The second-order valence-electron chi connectivity index (χ2n) is 11.2. The van der Waals surface area contributed by atoms with Crippen LogP contribution in [0.3, 0.4) is 0 Å². The zero-order chi connectivity index (χ0) is 29.0. The Morgan fingerprint density at radius 1 is 0.432 bits per heavy atom. The van der Waals surface area contributed by atoms with E-state index in [2.05, 4.69) is 143 Å². The fraction of sp³-hybridized carbons (Fsp3) is 0. The lowest BCUT2D eigenvalue weighted by molar-refractivity contribution is 1.14. The van der Waals surface area contributed by atoms with Gasteiger partial charge >= 0.3 is 0 Å². The van der Waals surface area contributed by atoms with E-state index in [1.165, 1.54) is 21.5 Å². The Kier molecular flexibility index (Phi) is 5.47. The second-order valence-corrected chi connectivity index (χ2v) is 11.2. The van der Waals surface area contributed by atoms with Gasteiger partial charge in [0, 0.05) is 28.1 Å². The van der Waals surface area contributed by atoms with E-state index in [1.807, 2.05) is 24.3 Å². The summed E-state index contributed by atoms with van der Waals surface area (Å²) in [6.07, 6.45) is 0. The molecular formula is C40H26N4. The molecule has 0 N–H and O–H groups in total. The van der Waals surface area contributed by atoms with Gasteiger partial charge in [0.15, 0.2) is 5.65 Å². The van der Waals surface area contributed by atoms with Gasteiger partial charge in [-0.3, -0.25) is 4.57 Å². The van der Waals surface area contributed by atoms with Crippen molar-refractivity contribution in [3.63, 3.8) is 0 Å². The largest absolute Gasteiger partial charge is 0.310 e. The zero-order valence-corrected chi connectivity index (χ0v) is 23.8. The molecular weight excluding hydrogens is 536 g/mol. The molecule has 0 atom stereocenters. The third kappa shape index (κ3) is 3.92. The summed E-state index contributed by atoms with van der Waals surface area (Å²) >= 11 is 0. The molecule has 0 aliphatic heterocycles. The first kappa shape index (κ1) is 24.6. The molecule has 2 heterocycles. The van der Waals surface area contributed by atoms with E-state index < -0.39 is 0 Å². The Bertz CT molecular complexity index is 2460. The summed E-state index contributed by atoms with van der Waals surface area (Å²) in [5.41, 5.74) is 9.16. The first-order valence-corrected chi connectivity index (χ1v) is 14.8.